The van der Waals surface area contributed by atoms with Crippen molar-refractivity contribution in [1.29, 1.82) is 0 Å². The molecule has 7 heteroatoms. The van der Waals surface area contributed by atoms with Crippen LogP contribution in [0.15, 0.2) is 0 Å². The van der Waals surface area contributed by atoms with Crippen LogP contribution >= 0.6 is 0 Å². The van der Waals surface area contributed by atoms with E-state index < -0.39 is 0 Å². The lowest BCUT2D eigenvalue weighted by Gasteiger charge is -2.27. The van der Waals surface area contributed by atoms with E-state index in [4.69, 9.17) is 9.47 Å². The summed E-state index contributed by atoms with van der Waals surface area (Å²) in [5.41, 5.74) is 0. The molecule has 0 saturated carbocycles. The van der Waals surface area contributed by atoms with Gasteiger partial charge >= 0.3 is 0 Å². The number of hydrogen-bond acceptors (Lipinski definition) is 7. The van der Waals surface area contributed by atoms with E-state index in [0.29, 0.717) is 19.1 Å². The first kappa shape index (κ1) is 14.9. The van der Waals surface area contributed by atoms with Crippen molar-refractivity contribution >= 4 is 11.9 Å². The van der Waals surface area contributed by atoms with Crippen molar-refractivity contribution in [2.45, 2.75) is 19.8 Å². The van der Waals surface area contributed by atoms with Crippen molar-refractivity contribution in [2.75, 3.05) is 56.8 Å². The van der Waals surface area contributed by atoms with Gasteiger partial charge in [-0.1, -0.05) is 6.92 Å². The number of hydrogen-bond donors (Lipinski definition) is 1. The van der Waals surface area contributed by atoms with Crippen LogP contribution in [0.3, 0.4) is 0 Å². The Kier molecular flexibility index (Phi) is 5.94. The number of aromatic nitrogens is 3. The molecule has 1 aromatic rings. The van der Waals surface area contributed by atoms with Gasteiger partial charge in [0.2, 0.25) is 11.9 Å². The maximum Gasteiger partial charge on any atom is 0.230 e. The van der Waals surface area contributed by atoms with Gasteiger partial charge in [0.1, 0.15) is 5.82 Å². The Morgan fingerprint density at radius 3 is 2.75 bits per heavy atom. The van der Waals surface area contributed by atoms with Crippen LogP contribution in [0.4, 0.5) is 11.9 Å². The van der Waals surface area contributed by atoms with Crippen LogP contribution in [0, 0.1) is 0 Å². The number of morpholine rings is 1. The quantitative estimate of drug-likeness (QED) is 0.738. The van der Waals surface area contributed by atoms with Gasteiger partial charge in [-0.2, -0.15) is 15.0 Å². The number of aryl methyl sites for hydroxylation is 1. The second-order valence-electron chi connectivity index (χ2n) is 4.64. The van der Waals surface area contributed by atoms with Gasteiger partial charge < -0.3 is 19.7 Å². The van der Waals surface area contributed by atoms with Crippen LogP contribution in [0.1, 0.15) is 19.2 Å². The molecule has 0 bridgehead atoms. The van der Waals surface area contributed by atoms with Gasteiger partial charge in [0.05, 0.1) is 19.8 Å². The number of rotatable bonds is 7. The fourth-order valence-electron chi connectivity index (χ4n) is 1.99. The number of nitrogens with zero attached hydrogens (tertiary/aromatic N) is 4. The molecule has 0 aromatic carbocycles. The topological polar surface area (TPSA) is 72.4 Å². The molecule has 7 nitrogen and oxygen atoms in total. The van der Waals surface area contributed by atoms with E-state index in [9.17, 15) is 0 Å². The molecule has 0 spiro atoms. The summed E-state index contributed by atoms with van der Waals surface area (Å²) in [7, 11) is 1.68. The van der Waals surface area contributed by atoms with Crippen molar-refractivity contribution < 1.29 is 9.47 Å². The molecule has 1 fully saturated rings. The molecule has 112 valence electrons. The van der Waals surface area contributed by atoms with Crippen LogP contribution in [0.5, 0.6) is 0 Å². The van der Waals surface area contributed by atoms with Crippen molar-refractivity contribution in [2.24, 2.45) is 0 Å². The lowest BCUT2D eigenvalue weighted by molar-refractivity contribution is 0.122. The summed E-state index contributed by atoms with van der Waals surface area (Å²) in [5, 5.41) is 3.18. The summed E-state index contributed by atoms with van der Waals surface area (Å²) in [4.78, 5) is 15.6. The Labute approximate surface area is 119 Å². The molecule has 0 atom stereocenters. The van der Waals surface area contributed by atoms with Gasteiger partial charge in [0, 0.05) is 33.2 Å². The fourth-order valence-corrected chi connectivity index (χ4v) is 1.99. The van der Waals surface area contributed by atoms with Crippen LogP contribution in [0.2, 0.25) is 0 Å². The lowest BCUT2D eigenvalue weighted by Crippen LogP contribution is -2.37. The third kappa shape index (κ3) is 4.28. The summed E-state index contributed by atoms with van der Waals surface area (Å²) in [6.45, 7) is 6.54. The minimum absolute atomic E-state index is 0.627. The van der Waals surface area contributed by atoms with Crippen molar-refractivity contribution in [3.05, 3.63) is 5.82 Å². The fraction of sp³-hybridized carbons (Fsp3) is 0.769. The van der Waals surface area contributed by atoms with Gasteiger partial charge in [-0.25, -0.2) is 0 Å². The highest BCUT2D eigenvalue weighted by Crippen LogP contribution is 2.13. The largest absolute Gasteiger partial charge is 0.383 e. The SMILES string of the molecule is CCCc1nc(NCCOC)nc(N2CCOCC2)n1. The minimum Gasteiger partial charge on any atom is -0.383 e. The van der Waals surface area contributed by atoms with Crippen LogP contribution < -0.4 is 10.2 Å². The molecular formula is C13H23N5O2. The average Bonchev–Trinajstić information content (AvgIpc) is 2.49. The predicted molar refractivity (Wildman–Crippen MR) is 77.2 cm³/mol. The van der Waals surface area contributed by atoms with Crippen molar-refractivity contribution in [1.82, 2.24) is 15.0 Å². The molecule has 0 unspecified atom stereocenters. The van der Waals surface area contributed by atoms with Crippen LogP contribution in [-0.2, 0) is 15.9 Å². The molecule has 2 rings (SSSR count). The summed E-state index contributed by atoms with van der Waals surface area (Å²) in [5.74, 6) is 2.21. The zero-order valence-corrected chi connectivity index (χ0v) is 12.3. The Hall–Kier alpha value is -1.47. The van der Waals surface area contributed by atoms with E-state index in [1.54, 1.807) is 7.11 Å². The highest BCUT2D eigenvalue weighted by atomic mass is 16.5. The van der Waals surface area contributed by atoms with E-state index in [0.717, 1.165) is 50.9 Å². The maximum atomic E-state index is 5.36. The molecule has 0 amide bonds. The molecule has 1 aliphatic rings. The first-order valence-corrected chi connectivity index (χ1v) is 7.14. The first-order valence-electron chi connectivity index (χ1n) is 7.14. The smallest absolute Gasteiger partial charge is 0.230 e. The second-order valence-corrected chi connectivity index (χ2v) is 4.64. The van der Waals surface area contributed by atoms with Gasteiger partial charge in [0.25, 0.3) is 0 Å². The van der Waals surface area contributed by atoms with Crippen LogP contribution in [0.25, 0.3) is 0 Å². The monoisotopic (exact) mass is 281 g/mol. The summed E-state index contributed by atoms with van der Waals surface area (Å²) < 4.78 is 10.4. The number of methoxy groups -OCH3 is 1. The highest BCUT2D eigenvalue weighted by molar-refractivity contribution is 5.37. The average molecular weight is 281 g/mol. The molecule has 20 heavy (non-hydrogen) atoms. The molecule has 1 N–H and O–H groups in total. The lowest BCUT2D eigenvalue weighted by atomic mass is 10.3. The predicted octanol–water partition coefficient (Wildman–Crippen LogP) is 0.719. The van der Waals surface area contributed by atoms with Gasteiger partial charge in [-0.3, -0.25) is 0 Å². The summed E-state index contributed by atoms with van der Waals surface area (Å²) in [6.07, 6.45) is 1.88. The normalized spacial score (nSPS) is 15.4. The number of ether oxygens (including phenoxy) is 2. The standard InChI is InChI=1S/C13H23N5O2/c1-3-4-11-15-12(14-5-8-19-2)17-13(16-11)18-6-9-20-10-7-18/h3-10H2,1-2H3,(H,14,15,16,17). The highest BCUT2D eigenvalue weighted by Gasteiger charge is 2.16. The summed E-state index contributed by atoms with van der Waals surface area (Å²) >= 11 is 0. The Balaban J connectivity index is 2.11. The minimum atomic E-state index is 0.627. The third-order valence-electron chi connectivity index (χ3n) is 3.03. The second kappa shape index (κ2) is 7.96. The van der Waals surface area contributed by atoms with Gasteiger partial charge in [0.15, 0.2) is 0 Å². The van der Waals surface area contributed by atoms with E-state index in [1.807, 2.05) is 0 Å². The zero-order chi connectivity index (χ0) is 14.2. The van der Waals surface area contributed by atoms with Gasteiger partial charge in [-0.15, -0.1) is 0 Å². The molecule has 1 aromatic heterocycles. The molecule has 2 heterocycles. The molecule has 1 saturated heterocycles. The number of anilines is 2. The van der Waals surface area contributed by atoms with E-state index in [2.05, 4.69) is 32.1 Å². The first-order chi connectivity index (χ1) is 9.83. The van der Waals surface area contributed by atoms with E-state index in [-0.39, 0.29) is 0 Å². The maximum absolute atomic E-state index is 5.36. The summed E-state index contributed by atoms with van der Waals surface area (Å²) in [6, 6.07) is 0. The van der Waals surface area contributed by atoms with Crippen LogP contribution in [-0.4, -0.2) is 61.5 Å². The van der Waals surface area contributed by atoms with Crippen molar-refractivity contribution in [3.63, 3.8) is 0 Å². The van der Waals surface area contributed by atoms with E-state index >= 15 is 0 Å². The third-order valence-corrected chi connectivity index (χ3v) is 3.03. The molecule has 1 aliphatic heterocycles. The molecule has 0 aliphatic carbocycles. The Bertz CT molecular complexity index is 410. The van der Waals surface area contributed by atoms with E-state index in [1.165, 1.54) is 0 Å². The molecule has 0 radical (unpaired) electrons. The van der Waals surface area contributed by atoms with Crippen molar-refractivity contribution in [3.8, 4) is 0 Å². The molecular weight excluding hydrogens is 258 g/mol. The zero-order valence-electron chi connectivity index (χ0n) is 12.3. The van der Waals surface area contributed by atoms with Gasteiger partial charge in [-0.05, 0) is 6.42 Å². The Morgan fingerprint density at radius 1 is 1.25 bits per heavy atom. The Morgan fingerprint density at radius 2 is 2.05 bits per heavy atom. The number of nitrogens with one attached hydrogen (secondary N) is 1.